The highest BCUT2D eigenvalue weighted by Gasteiger charge is 2.22. The molecule has 0 spiro atoms. The normalized spacial score (nSPS) is 15.9. The van der Waals surface area contributed by atoms with Crippen molar-refractivity contribution >= 4 is 10.9 Å². The van der Waals surface area contributed by atoms with Crippen molar-refractivity contribution in [1.82, 2.24) is 19.8 Å². The van der Waals surface area contributed by atoms with Gasteiger partial charge >= 0.3 is 0 Å². The molecule has 0 amide bonds. The van der Waals surface area contributed by atoms with Crippen LogP contribution in [0.2, 0.25) is 0 Å². The van der Waals surface area contributed by atoms with Gasteiger partial charge in [-0.1, -0.05) is 19.9 Å². The second-order valence-electron chi connectivity index (χ2n) is 9.42. The van der Waals surface area contributed by atoms with Gasteiger partial charge in [-0.15, -0.1) is 0 Å². The molecule has 5 heteroatoms. The Balaban J connectivity index is 1.69. The lowest BCUT2D eigenvalue weighted by Crippen LogP contribution is -2.37. The van der Waals surface area contributed by atoms with Crippen molar-refractivity contribution in [2.45, 2.75) is 45.4 Å². The van der Waals surface area contributed by atoms with Crippen LogP contribution in [0.1, 0.15) is 55.2 Å². The van der Waals surface area contributed by atoms with Gasteiger partial charge in [0.1, 0.15) is 0 Å². The van der Waals surface area contributed by atoms with E-state index in [0.717, 1.165) is 29.9 Å². The van der Waals surface area contributed by atoms with Gasteiger partial charge in [-0.2, -0.15) is 0 Å². The number of aromatic nitrogens is 2. The summed E-state index contributed by atoms with van der Waals surface area (Å²) in [6.45, 7) is 11.0. The largest absolute Gasteiger partial charge is 0.354 e. The molecule has 2 aromatic heterocycles. The number of hydrogen-bond acceptors (Lipinski definition) is 3. The quantitative estimate of drug-likeness (QED) is 0.623. The van der Waals surface area contributed by atoms with E-state index < -0.39 is 0 Å². The predicted octanol–water partition coefficient (Wildman–Crippen LogP) is 4.36. The van der Waals surface area contributed by atoms with Crippen molar-refractivity contribution in [2.75, 3.05) is 33.2 Å². The maximum absolute atomic E-state index is 12.2. The number of benzene rings is 1. The van der Waals surface area contributed by atoms with Crippen LogP contribution in [-0.2, 0) is 7.05 Å². The topological polar surface area (TPSA) is 53.1 Å². The summed E-state index contributed by atoms with van der Waals surface area (Å²) < 4.78 is 1.69. The van der Waals surface area contributed by atoms with E-state index in [1.54, 1.807) is 4.57 Å². The van der Waals surface area contributed by atoms with Crippen molar-refractivity contribution in [2.24, 2.45) is 7.05 Å². The Morgan fingerprint density at radius 3 is 2.58 bits per heavy atom. The van der Waals surface area contributed by atoms with E-state index in [0.29, 0.717) is 11.8 Å². The highest BCUT2D eigenvalue weighted by Crippen LogP contribution is 2.38. The van der Waals surface area contributed by atoms with Crippen LogP contribution >= 0.6 is 0 Å². The van der Waals surface area contributed by atoms with Crippen LogP contribution in [0.5, 0.6) is 0 Å². The first kappa shape index (κ1) is 21.8. The summed E-state index contributed by atoms with van der Waals surface area (Å²) in [6, 6.07) is 9.00. The first-order chi connectivity index (χ1) is 14.9. The number of H-pyrrole nitrogens is 1. The lowest BCUT2D eigenvalue weighted by molar-refractivity contribution is 0.214. The SMILES string of the molecule is CNCCN1CCC(c2ccc3[nH]c(-c4cc(C)c(=O)n(C)c4)c(C(C)C)c3c2)CC1. The van der Waals surface area contributed by atoms with Gasteiger partial charge in [0.2, 0.25) is 0 Å². The number of piperidine rings is 1. The molecule has 0 unspecified atom stereocenters. The van der Waals surface area contributed by atoms with Crippen molar-refractivity contribution in [3.05, 3.63) is 57.5 Å². The molecular formula is C26H36N4O. The van der Waals surface area contributed by atoms with E-state index in [-0.39, 0.29) is 5.56 Å². The van der Waals surface area contributed by atoms with E-state index in [9.17, 15) is 4.79 Å². The van der Waals surface area contributed by atoms with Crippen LogP contribution < -0.4 is 10.9 Å². The Hall–Kier alpha value is -2.37. The fourth-order valence-electron chi connectivity index (χ4n) is 5.09. The number of aryl methyl sites for hydroxylation is 2. The zero-order valence-electron chi connectivity index (χ0n) is 19.6. The standard InChI is InChI=1S/C26H36N4O/c1-17(2)24-22-15-20(19-8-11-30(12-9-19)13-10-27-4)6-7-23(22)28-25(24)21-14-18(3)26(31)29(5)16-21/h6-7,14-17,19,27-28H,8-13H2,1-5H3. The van der Waals surface area contributed by atoms with Crippen LogP contribution in [-0.4, -0.2) is 47.7 Å². The number of nitrogens with one attached hydrogen (secondary N) is 2. The molecule has 0 radical (unpaired) electrons. The van der Waals surface area contributed by atoms with Crippen LogP contribution in [0.4, 0.5) is 0 Å². The van der Waals surface area contributed by atoms with Crippen molar-refractivity contribution < 1.29 is 0 Å². The smallest absolute Gasteiger partial charge is 0.253 e. The van der Waals surface area contributed by atoms with E-state index in [4.69, 9.17) is 0 Å². The molecule has 1 aliphatic rings. The fraction of sp³-hybridized carbons (Fsp3) is 0.500. The Morgan fingerprint density at radius 1 is 1.19 bits per heavy atom. The molecule has 3 heterocycles. The van der Waals surface area contributed by atoms with Crippen molar-refractivity contribution in [1.29, 1.82) is 0 Å². The maximum Gasteiger partial charge on any atom is 0.253 e. The predicted molar refractivity (Wildman–Crippen MR) is 130 cm³/mol. The minimum absolute atomic E-state index is 0.0642. The Kier molecular flexibility index (Phi) is 6.35. The number of rotatable bonds is 6. The lowest BCUT2D eigenvalue weighted by Gasteiger charge is -2.32. The molecule has 1 aliphatic heterocycles. The Morgan fingerprint density at radius 2 is 1.94 bits per heavy atom. The van der Waals surface area contributed by atoms with E-state index in [1.165, 1.54) is 48.0 Å². The third kappa shape index (κ3) is 4.35. The van der Waals surface area contributed by atoms with E-state index in [1.807, 2.05) is 33.3 Å². The van der Waals surface area contributed by atoms with Gasteiger partial charge in [0.05, 0.1) is 5.69 Å². The zero-order valence-corrected chi connectivity index (χ0v) is 19.6. The van der Waals surface area contributed by atoms with Gasteiger partial charge in [-0.25, -0.2) is 0 Å². The van der Waals surface area contributed by atoms with Crippen LogP contribution in [0.25, 0.3) is 22.2 Å². The number of fused-ring (bicyclic) bond motifs is 1. The zero-order chi connectivity index (χ0) is 22.1. The third-order valence-electron chi connectivity index (χ3n) is 6.83. The molecule has 1 aromatic carbocycles. The van der Waals surface area contributed by atoms with Crippen LogP contribution in [0.15, 0.2) is 35.3 Å². The molecule has 0 bridgehead atoms. The minimum Gasteiger partial charge on any atom is -0.354 e. The summed E-state index contributed by atoms with van der Waals surface area (Å²) in [7, 11) is 3.85. The average molecular weight is 421 g/mol. The summed E-state index contributed by atoms with van der Waals surface area (Å²) in [6.07, 6.45) is 4.40. The van der Waals surface area contributed by atoms with Gasteiger partial charge in [-0.05, 0) is 81.1 Å². The summed E-state index contributed by atoms with van der Waals surface area (Å²) in [4.78, 5) is 18.4. The molecule has 2 N–H and O–H groups in total. The first-order valence-corrected chi connectivity index (χ1v) is 11.6. The summed E-state index contributed by atoms with van der Waals surface area (Å²) in [5.41, 5.74) is 7.06. The molecule has 3 aromatic rings. The van der Waals surface area contributed by atoms with E-state index >= 15 is 0 Å². The number of nitrogens with zero attached hydrogens (tertiary/aromatic N) is 2. The van der Waals surface area contributed by atoms with Gasteiger partial charge < -0.3 is 19.8 Å². The number of pyridine rings is 1. The minimum atomic E-state index is 0.0642. The molecule has 166 valence electrons. The average Bonchev–Trinajstić information content (AvgIpc) is 3.15. The van der Waals surface area contributed by atoms with E-state index in [2.05, 4.69) is 47.2 Å². The van der Waals surface area contributed by atoms with Gasteiger partial charge in [0.15, 0.2) is 0 Å². The second kappa shape index (κ2) is 9.01. The highest BCUT2D eigenvalue weighted by molar-refractivity contribution is 5.92. The summed E-state index contributed by atoms with van der Waals surface area (Å²) in [5.74, 6) is 1.02. The summed E-state index contributed by atoms with van der Waals surface area (Å²) in [5, 5.41) is 4.58. The molecule has 5 nitrogen and oxygen atoms in total. The fourth-order valence-corrected chi connectivity index (χ4v) is 5.09. The second-order valence-corrected chi connectivity index (χ2v) is 9.42. The molecule has 4 rings (SSSR count). The van der Waals surface area contributed by atoms with Gasteiger partial charge in [0.25, 0.3) is 5.56 Å². The van der Waals surface area contributed by atoms with Crippen molar-refractivity contribution in [3.8, 4) is 11.3 Å². The molecule has 1 saturated heterocycles. The van der Waals surface area contributed by atoms with Crippen molar-refractivity contribution in [3.63, 3.8) is 0 Å². The third-order valence-corrected chi connectivity index (χ3v) is 6.83. The molecule has 1 fully saturated rings. The monoisotopic (exact) mass is 420 g/mol. The molecule has 0 saturated carbocycles. The molecule has 31 heavy (non-hydrogen) atoms. The van der Waals surface area contributed by atoms with Crippen LogP contribution in [0.3, 0.4) is 0 Å². The maximum atomic E-state index is 12.2. The number of hydrogen-bond donors (Lipinski definition) is 2. The number of likely N-dealkylation sites (N-methyl/N-ethyl adjacent to an activating group) is 1. The lowest BCUT2D eigenvalue weighted by atomic mass is 9.87. The number of likely N-dealkylation sites (tertiary alicyclic amines) is 1. The first-order valence-electron chi connectivity index (χ1n) is 11.6. The Labute approximate surface area is 185 Å². The number of aromatic amines is 1. The molecule has 0 atom stereocenters. The van der Waals surface area contributed by atoms with Crippen LogP contribution in [0, 0.1) is 6.92 Å². The van der Waals surface area contributed by atoms with Gasteiger partial charge in [-0.3, -0.25) is 4.79 Å². The Bertz CT molecular complexity index is 1090. The molecule has 0 aliphatic carbocycles. The summed E-state index contributed by atoms with van der Waals surface area (Å²) >= 11 is 0. The highest BCUT2D eigenvalue weighted by atomic mass is 16.1. The molecular weight excluding hydrogens is 384 g/mol. The van der Waals surface area contributed by atoms with Gasteiger partial charge in [0, 0.05) is 48.4 Å².